The molecule has 0 aliphatic carbocycles. The lowest BCUT2D eigenvalue weighted by Crippen LogP contribution is -2.12. The van der Waals surface area contributed by atoms with Crippen molar-refractivity contribution in [1.29, 1.82) is 0 Å². The molecule has 2 heterocycles. The van der Waals surface area contributed by atoms with Crippen LogP contribution in [0.25, 0.3) is 11.5 Å². The van der Waals surface area contributed by atoms with Gasteiger partial charge in [-0.25, -0.2) is 4.98 Å². The Bertz CT molecular complexity index is 515. The number of hydrogen-bond donors (Lipinski definition) is 1. The van der Waals surface area contributed by atoms with Gasteiger partial charge in [0.15, 0.2) is 5.76 Å². The highest BCUT2D eigenvalue weighted by Crippen LogP contribution is 2.24. The molecule has 0 fully saturated rings. The summed E-state index contributed by atoms with van der Waals surface area (Å²) in [6, 6.07) is 2.18. The second-order valence-corrected chi connectivity index (χ2v) is 4.26. The first-order valence-electron chi connectivity index (χ1n) is 6.39. The molecule has 98 valence electrons. The molecule has 2 rings (SSSR count). The van der Waals surface area contributed by atoms with E-state index < -0.39 is 0 Å². The smallest absolute Gasteiger partial charge is 0.211 e. The van der Waals surface area contributed by atoms with Crippen LogP contribution in [0.1, 0.15) is 38.4 Å². The van der Waals surface area contributed by atoms with E-state index in [0.717, 1.165) is 30.1 Å². The summed E-state index contributed by atoms with van der Waals surface area (Å²) in [5.41, 5.74) is 2.07. The van der Waals surface area contributed by atoms with Gasteiger partial charge in [0.05, 0.1) is 17.9 Å². The summed E-state index contributed by atoms with van der Waals surface area (Å²) >= 11 is 0. The minimum absolute atomic E-state index is 0.113. The van der Waals surface area contributed by atoms with Crippen LogP contribution < -0.4 is 5.32 Å². The molecule has 1 N–H and O–H groups in total. The fourth-order valence-corrected chi connectivity index (χ4v) is 1.81. The first-order chi connectivity index (χ1) is 8.69. The molecule has 2 aromatic rings. The van der Waals surface area contributed by atoms with Gasteiger partial charge in [0.1, 0.15) is 5.69 Å². The monoisotopic (exact) mass is 248 g/mol. The summed E-state index contributed by atoms with van der Waals surface area (Å²) in [4.78, 5) is 4.30. The standard InChI is InChI=1S/C13H20N4O/c1-5-10-7-11(17(6-2)16-10)12-8-15-13(18-12)9(3)14-4/h7-9,14H,5-6H2,1-4H3. The quantitative estimate of drug-likeness (QED) is 0.882. The molecular weight excluding hydrogens is 228 g/mol. The highest BCUT2D eigenvalue weighted by atomic mass is 16.4. The molecule has 0 aliphatic rings. The average Bonchev–Trinajstić information content (AvgIpc) is 3.03. The van der Waals surface area contributed by atoms with E-state index in [9.17, 15) is 0 Å². The van der Waals surface area contributed by atoms with E-state index in [1.54, 1.807) is 6.20 Å². The maximum atomic E-state index is 5.79. The number of aryl methyl sites for hydroxylation is 2. The number of nitrogens with one attached hydrogen (secondary N) is 1. The molecule has 0 saturated carbocycles. The summed E-state index contributed by atoms with van der Waals surface area (Å²) < 4.78 is 7.74. The third-order valence-electron chi connectivity index (χ3n) is 3.07. The molecule has 5 nitrogen and oxygen atoms in total. The van der Waals surface area contributed by atoms with Crippen LogP contribution in [0, 0.1) is 0 Å². The van der Waals surface area contributed by atoms with E-state index >= 15 is 0 Å². The van der Waals surface area contributed by atoms with Gasteiger partial charge >= 0.3 is 0 Å². The first kappa shape index (κ1) is 12.8. The molecule has 1 unspecified atom stereocenters. The lowest BCUT2D eigenvalue weighted by Gasteiger charge is -2.04. The fourth-order valence-electron chi connectivity index (χ4n) is 1.81. The summed E-state index contributed by atoms with van der Waals surface area (Å²) in [6.07, 6.45) is 2.69. The van der Waals surface area contributed by atoms with Crippen molar-refractivity contribution in [3.63, 3.8) is 0 Å². The third-order valence-corrected chi connectivity index (χ3v) is 3.07. The summed E-state index contributed by atoms with van der Waals surface area (Å²) in [6.45, 7) is 7.02. The highest BCUT2D eigenvalue weighted by molar-refractivity contribution is 5.52. The molecule has 0 aliphatic heterocycles. The van der Waals surface area contributed by atoms with Crippen molar-refractivity contribution in [2.75, 3.05) is 7.05 Å². The van der Waals surface area contributed by atoms with E-state index in [1.807, 2.05) is 18.7 Å². The van der Waals surface area contributed by atoms with Crippen LogP contribution >= 0.6 is 0 Å². The summed E-state index contributed by atoms with van der Waals surface area (Å²) in [5, 5.41) is 7.62. The van der Waals surface area contributed by atoms with Crippen LogP contribution in [-0.4, -0.2) is 21.8 Å². The number of oxazole rings is 1. The molecule has 5 heteroatoms. The normalized spacial score (nSPS) is 12.9. The predicted octanol–water partition coefficient (Wildman–Crippen LogP) is 2.40. The van der Waals surface area contributed by atoms with Gasteiger partial charge in [-0.15, -0.1) is 0 Å². The van der Waals surface area contributed by atoms with E-state index in [-0.39, 0.29) is 6.04 Å². The number of hydrogen-bond acceptors (Lipinski definition) is 4. The van der Waals surface area contributed by atoms with Gasteiger partial charge in [-0.3, -0.25) is 4.68 Å². The minimum Gasteiger partial charge on any atom is -0.437 e. The van der Waals surface area contributed by atoms with Gasteiger partial charge in [-0.05, 0) is 33.4 Å². The van der Waals surface area contributed by atoms with Crippen molar-refractivity contribution in [2.24, 2.45) is 0 Å². The van der Waals surface area contributed by atoms with Crippen LogP contribution in [0.4, 0.5) is 0 Å². The maximum Gasteiger partial charge on any atom is 0.211 e. The zero-order chi connectivity index (χ0) is 13.1. The van der Waals surface area contributed by atoms with Gasteiger partial charge in [0.25, 0.3) is 0 Å². The Hall–Kier alpha value is -1.62. The number of rotatable bonds is 5. The van der Waals surface area contributed by atoms with Crippen LogP contribution in [0.15, 0.2) is 16.7 Å². The van der Waals surface area contributed by atoms with Crippen LogP contribution in [0.3, 0.4) is 0 Å². The van der Waals surface area contributed by atoms with Crippen molar-refractivity contribution >= 4 is 0 Å². The maximum absolute atomic E-state index is 5.79. The van der Waals surface area contributed by atoms with E-state index in [4.69, 9.17) is 4.42 Å². The third kappa shape index (κ3) is 2.31. The largest absolute Gasteiger partial charge is 0.437 e. The topological polar surface area (TPSA) is 55.9 Å². The number of nitrogens with zero attached hydrogens (tertiary/aromatic N) is 3. The van der Waals surface area contributed by atoms with Gasteiger partial charge in [-0.1, -0.05) is 6.92 Å². The second kappa shape index (κ2) is 5.35. The molecule has 0 amide bonds. The van der Waals surface area contributed by atoms with E-state index in [0.29, 0.717) is 5.89 Å². The van der Waals surface area contributed by atoms with Crippen molar-refractivity contribution in [2.45, 2.75) is 39.8 Å². The van der Waals surface area contributed by atoms with Crippen molar-refractivity contribution < 1.29 is 4.42 Å². The van der Waals surface area contributed by atoms with Gasteiger partial charge < -0.3 is 9.73 Å². The molecule has 0 saturated heterocycles. The lowest BCUT2D eigenvalue weighted by atomic mass is 10.3. The summed E-state index contributed by atoms with van der Waals surface area (Å²) in [7, 11) is 1.89. The molecule has 2 aromatic heterocycles. The van der Waals surface area contributed by atoms with Crippen molar-refractivity contribution in [3.05, 3.63) is 23.8 Å². The van der Waals surface area contributed by atoms with Gasteiger partial charge in [0.2, 0.25) is 5.89 Å². The van der Waals surface area contributed by atoms with Crippen molar-refractivity contribution in [1.82, 2.24) is 20.1 Å². The van der Waals surface area contributed by atoms with E-state index in [2.05, 4.69) is 35.3 Å². The second-order valence-electron chi connectivity index (χ2n) is 4.26. The minimum atomic E-state index is 0.113. The molecule has 0 aromatic carbocycles. The molecule has 0 bridgehead atoms. The van der Waals surface area contributed by atoms with Gasteiger partial charge in [-0.2, -0.15) is 5.10 Å². The van der Waals surface area contributed by atoms with Gasteiger partial charge in [0, 0.05) is 6.54 Å². The number of aromatic nitrogens is 3. The molecular formula is C13H20N4O. The van der Waals surface area contributed by atoms with Crippen LogP contribution in [0.5, 0.6) is 0 Å². The predicted molar refractivity (Wildman–Crippen MR) is 70.3 cm³/mol. The Morgan fingerprint density at radius 3 is 2.83 bits per heavy atom. The lowest BCUT2D eigenvalue weighted by molar-refractivity contribution is 0.438. The molecule has 18 heavy (non-hydrogen) atoms. The van der Waals surface area contributed by atoms with E-state index in [1.165, 1.54) is 0 Å². The zero-order valence-electron chi connectivity index (χ0n) is 11.4. The van der Waals surface area contributed by atoms with Crippen LogP contribution in [0.2, 0.25) is 0 Å². The van der Waals surface area contributed by atoms with Crippen LogP contribution in [-0.2, 0) is 13.0 Å². The Kier molecular flexibility index (Phi) is 3.81. The zero-order valence-corrected chi connectivity index (χ0v) is 11.4. The Labute approximate surface area is 107 Å². The van der Waals surface area contributed by atoms with Crippen molar-refractivity contribution in [3.8, 4) is 11.5 Å². The molecule has 1 atom stereocenters. The first-order valence-corrected chi connectivity index (χ1v) is 6.39. The SMILES string of the molecule is CCc1cc(-c2cnc(C(C)NC)o2)n(CC)n1. The summed E-state index contributed by atoms with van der Waals surface area (Å²) in [5.74, 6) is 1.48. The molecule has 0 spiro atoms. The highest BCUT2D eigenvalue weighted by Gasteiger charge is 2.15. The Morgan fingerprint density at radius 2 is 2.22 bits per heavy atom. The molecule has 0 radical (unpaired) electrons. The fraction of sp³-hybridized carbons (Fsp3) is 0.538. The Morgan fingerprint density at radius 1 is 1.44 bits per heavy atom. The Balaban J connectivity index is 2.36. The average molecular weight is 248 g/mol.